The number of thioether (sulfide) groups is 1. The third kappa shape index (κ3) is 2.73. The Hall–Kier alpha value is -1.17. The summed E-state index contributed by atoms with van der Waals surface area (Å²) in [6.45, 7) is 0.852. The Morgan fingerprint density at radius 2 is 2.37 bits per heavy atom. The van der Waals surface area contributed by atoms with Crippen LogP contribution < -0.4 is 4.74 Å². The first kappa shape index (κ1) is 12.8. The number of aromatic nitrogens is 2. The average molecular weight is 297 g/mol. The van der Waals surface area contributed by atoms with E-state index >= 15 is 0 Å². The zero-order chi connectivity index (χ0) is 13.2. The number of imidazole rings is 1. The highest BCUT2D eigenvalue weighted by Crippen LogP contribution is 2.35. The zero-order valence-electron chi connectivity index (χ0n) is 10.4. The smallest absolute Gasteiger partial charge is 0.189 e. The number of nitrogens with zero attached hydrogens (tertiary/aromatic N) is 2. The third-order valence-electron chi connectivity index (χ3n) is 2.89. The standard InChI is InChI=1S/C13H13ClN2O2S/c1-16-3-2-15-13(16)19-7-10-5-11(14)4-9-6-17-8-18-12(9)10/h2-5H,6-8H2,1H3. The van der Waals surface area contributed by atoms with Gasteiger partial charge in [0.2, 0.25) is 0 Å². The van der Waals surface area contributed by atoms with Gasteiger partial charge in [0.1, 0.15) is 5.75 Å². The number of hydrogen-bond acceptors (Lipinski definition) is 4. The van der Waals surface area contributed by atoms with Gasteiger partial charge in [0.25, 0.3) is 0 Å². The van der Waals surface area contributed by atoms with Crippen molar-refractivity contribution in [2.24, 2.45) is 7.05 Å². The first-order chi connectivity index (χ1) is 9.24. The van der Waals surface area contributed by atoms with Gasteiger partial charge in [-0.25, -0.2) is 4.98 Å². The monoisotopic (exact) mass is 296 g/mol. The summed E-state index contributed by atoms with van der Waals surface area (Å²) in [6, 6.07) is 3.84. The molecule has 1 aromatic heterocycles. The molecule has 0 bridgehead atoms. The molecule has 19 heavy (non-hydrogen) atoms. The van der Waals surface area contributed by atoms with Gasteiger partial charge < -0.3 is 14.0 Å². The third-order valence-corrected chi connectivity index (χ3v) is 4.21. The molecule has 3 rings (SSSR count). The first-order valence-electron chi connectivity index (χ1n) is 5.86. The lowest BCUT2D eigenvalue weighted by Gasteiger charge is -2.20. The number of rotatable bonds is 3. The maximum atomic E-state index is 6.13. The van der Waals surface area contributed by atoms with Gasteiger partial charge in [0.05, 0.1) is 6.61 Å². The highest BCUT2D eigenvalue weighted by atomic mass is 35.5. The Kier molecular flexibility index (Phi) is 3.68. The average Bonchev–Trinajstić information content (AvgIpc) is 2.81. The second-order valence-corrected chi connectivity index (χ2v) is 5.65. The molecule has 0 radical (unpaired) electrons. The van der Waals surface area contributed by atoms with Crippen LogP contribution in [0.3, 0.4) is 0 Å². The molecule has 100 valence electrons. The van der Waals surface area contributed by atoms with Crippen molar-refractivity contribution in [3.8, 4) is 5.75 Å². The van der Waals surface area contributed by atoms with E-state index in [2.05, 4.69) is 4.98 Å². The summed E-state index contributed by atoms with van der Waals surface area (Å²) in [5, 5.41) is 1.68. The molecule has 0 saturated heterocycles. The molecule has 4 nitrogen and oxygen atoms in total. The lowest BCUT2D eigenvalue weighted by Crippen LogP contribution is -2.13. The summed E-state index contributed by atoms with van der Waals surface area (Å²) < 4.78 is 12.9. The first-order valence-corrected chi connectivity index (χ1v) is 7.22. The molecule has 1 aliphatic rings. The Bertz CT molecular complexity index is 600. The van der Waals surface area contributed by atoms with Crippen LogP contribution in [0.25, 0.3) is 0 Å². The Morgan fingerprint density at radius 3 is 3.16 bits per heavy atom. The fourth-order valence-corrected chi connectivity index (χ4v) is 3.16. The van der Waals surface area contributed by atoms with Gasteiger partial charge in [-0.3, -0.25) is 0 Å². The number of ether oxygens (including phenoxy) is 2. The van der Waals surface area contributed by atoms with E-state index in [1.165, 1.54) is 0 Å². The van der Waals surface area contributed by atoms with Crippen LogP contribution in [-0.4, -0.2) is 16.3 Å². The number of aryl methyl sites for hydroxylation is 1. The van der Waals surface area contributed by atoms with Crippen molar-refractivity contribution >= 4 is 23.4 Å². The molecule has 0 spiro atoms. The quantitative estimate of drug-likeness (QED) is 0.815. The van der Waals surface area contributed by atoms with E-state index in [1.54, 1.807) is 18.0 Å². The van der Waals surface area contributed by atoms with Crippen LogP contribution >= 0.6 is 23.4 Å². The van der Waals surface area contributed by atoms with Gasteiger partial charge in [-0.05, 0) is 12.1 Å². The van der Waals surface area contributed by atoms with E-state index in [4.69, 9.17) is 21.1 Å². The normalized spacial score (nSPS) is 14.0. The molecular formula is C13H13ClN2O2S. The van der Waals surface area contributed by atoms with Gasteiger partial charge in [-0.1, -0.05) is 23.4 Å². The Labute approximate surface area is 120 Å². The molecule has 0 fully saturated rings. The van der Waals surface area contributed by atoms with Crippen molar-refractivity contribution in [3.63, 3.8) is 0 Å². The van der Waals surface area contributed by atoms with Crippen LogP contribution in [0.2, 0.25) is 5.02 Å². The zero-order valence-corrected chi connectivity index (χ0v) is 12.0. The molecule has 0 atom stereocenters. The lowest BCUT2D eigenvalue weighted by atomic mass is 10.1. The van der Waals surface area contributed by atoms with E-state index in [1.807, 2.05) is 29.9 Å². The molecule has 0 N–H and O–H groups in total. The number of benzene rings is 1. The van der Waals surface area contributed by atoms with Crippen LogP contribution in [-0.2, 0) is 24.1 Å². The molecule has 0 unspecified atom stereocenters. The minimum absolute atomic E-state index is 0.300. The number of hydrogen-bond donors (Lipinski definition) is 0. The fraction of sp³-hybridized carbons (Fsp3) is 0.308. The minimum Gasteiger partial charge on any atom is -0.467 e. The van der Waals surface area contributed by atoms with Gasteiger partial charge in [0.15, 0.2) is 11.9 Å². The van der Waals surface area contributed by atoms with Crippen molar-refractivity contribution in [2.45, 2.75) is 17.5 Å². The Morgan fingerprint density at radius 1 is 1.47 bits per heavy atom. The Balaban J connectivity index is 1.84. The molecule has 1 aromatic carbocycles. The highest BCUT2D eigenvalue weighted by Gasteiger charge is 2.17. The topological polar surface area (TPSA) is 36.3 Å². The van der Waals surface area contributed by atoms with Crippen molar-refractivity contribution in [2.75, 3.05) is 6.79 Å². The van der Waals surface area contributed by atoms with Crippen molar-refractivity contribution in [1.82, 2.24) is 9.55 Å². The molecule has 6 heteroatoms. The molecule has 2 heterocycles. The molecule has 0 saturated carbocycles. The van der Waals surface area contributed by atoms with Gasteiger partial charge in [-0.15, -0.1) is 0 Å². The molecule has 1 aliphatic heterocycles. The van der Waals surface area contributed by atoms with Gasteiger partial charge in [-0.2, -0.15) is 0 Å². The van der Waals surface area contributed by atoms with E-state index in [9.17, 15) is 0 Å². The van der Waals surface area contributed by atoms with Crippen molar-refractivity contribution in [3.05, 3.63) is 40.7 Å². The second kappa shape index (κ2) is 5.45. The summed E-state index contributed by atoms with van der Waals surface area (Å²) >= 11 is 7.79. The number of fused-ring (bicyclic) bond motifs is 1. The van der Waals surface area contributed by atoms with Crippen molar-refractivity contribution < 1.29 is 9.47 Å². The van der Waals surface area contributed by atoms with Gasteiger partial charge >= 0.3 is 0 Å². The maximum absolute atomic E-state index is 6.13. The molecule has 2 aromatic rings. The molecular weight excluding hydrogens is 284 g/mol. The van der Waals surface area contributed by atoms with E-state index in [0.29, 0.717) is 18.4 Å². The van der Waals surface area contributed by atoms with Crippen LogP contribution in [0.4, 0.5) is 0 Å². The van der Waals surface area contributed by atoms with Gasteiger partial charge in [0, 0.05) is 41.3 Å². The largest absolute Gasteiger partial charge is 0.467 e. The molecule has 0 amide bonds. The summed E-state index contributed by atoms with van der Waals surface area (Å²) in [5.74, 6) is 1.67. The lowest BCUT2D eigenvalue weighted by molar-refractivity contribution is -0.0168. The molecule has 0 aliphatic carbocycles. The van der Waals surface area contributed by atoms with Crippen LogP contribution in [0.5, 0.6) is 5.75 Å². The minimum atomic E-state index is 0.300. The highest BCUT2D eigenvalue weighted by molar-refractivity contribution is 7.98. The maximum Gasteiger partial charge on any atom is 0.189 e. The summed E-state index contributed by atoms with van der Waals surface area (Å²) in [5.41, 5.74) is 2.09. The van der Waals surface area contributed by atoms with Crippen LogP contribution in [0, 0.1) is 0 Å². The summed E-state index contributed by atoms with van der Waals surface area (Å²) in [7, 11) is 1.98. The fourth-order valence-electron chi connectivity index (χ4n) is 2.00. The second-order valence-electron chi connectivity index (χ2n) is 4.27. The predicted octanol–water partition coefficient (Wildman–Crippen LogP) is 3.23. The summed E-state index contributed by atoms with van der Waals surface area (Å²) in [4.78, 5) is 4.29. The van der Waals surface area contributed by atoms with Crippen LogP contribution in [0.1, 0.15) is 11.1 Å². The van der Waals surface area contributed by atoms with E-state index in [-0.39, 0.29) is 0 Å². The van der Waals surface area contributed by atoms with E-state index in [0.717, 1.165) is 27.8 Å². The SMILES string of the molecule is Cn1ccnc1SCc1cc(Cl)cc2c1OCOC2. The number of halogens is 1. The van der Waals surface area contributed by atoms with Crippen LogP contribution in [0.15, 0.2) is 29.7 Å². The van der Waals surface area contributed by atoms with E-state index < -0.39 is 0 Å². The van der Waals surface area contributed by atoms with Crippen molar-refractivity contribution in [1.29, 1.82) is 0 Å². The predicted molar refractivity (Wildman–Crippen MR) is 74.5 cm³/mol. The summed E-state index contributed by atoms with van der Waals surface area (Å²) in [6.07, 6.45) is 3.72.